The SMILES string of the molecule is CC(=O)C1C(=O)C(c2ccc(Cl)cc2)N(c2cc(Cl)c(=O)n(C)c2)C1=O. The number of anilines is 1. The number of benzene rings is 1. The van der Waals surface area contributed by atoms with Crippen molar-refractivity contribution < 1.29 is 14.4 Å². The average molecular weight is 393 g/mol. The van der Waals surface area contributed by atoms with Crippen LogP contribution in [0, 0.1) is 5.92 Å². The van der Waals surface area contributed by atoms with Crippen molar-refractivity contribution in [3.63, 3.8) is 0 Å². The Morgan fingerprint density at radius 2 is 1.69 bits per heavy atom. The summed E-state index contributed by atoms with van der Waals surface area (Å²) in [4.78, 5) is 50.6. The van der Waals surface area contributed by atoms with Crippen molar-refractivity contribution in [3.05, 3.63) is 62.5 Å². The third-order valence-electron chi connectivity index (χ3n) is 4.29. The van der Waals surface area contributed by atoms with E-state index < -0.39 is 35.0 Å². The van der Waals surface area contributed by atoms with Gasteiger partial charge >= 0.3 is 0 Å². The number of hydrogen-bond acceptors (Lipinski definition) is 4. The number of carbonyl (C=O) groups is 3. The second-order valence-corrected chi connectivity index (χ2v) is 6.91. The van der Waals surface area contributed by atoms with Crippen LogP contribution in [0.5, 0.6) is 0 Å². The van der Waals surface area contributed by atoms with Crippen LogP contribution >= 0.6 is 23.2 Å². The van der Waals surface area contributed by atoms with Gasteiger partial charge in [0.15, 0.2) is 11.7 Å². The van der Waals surface area contributed by atoms with Gasteiger partial charge < -0.3 is 4.57 Å². The normalized spacial score (nSPS) is 19.9. The van der Waals surface area contributed by atoms with Gasteiger partial charge in [-0.25, -0.2) is 0 Å². The minimum absolute atomic E-state index is 0.0913. The van der Waals surface area contributed by atoms with Crippen LogP contribution in [0.25, 0.3) is 0 Å². The van der Waals surface area contributed by atoms with Crippen LogP contribution in [0.1, 0.15) is 18.5 Å². The molecule has 1 fully saturated rings. The van der Waals surface area contributed by atoms with Crippen LogP contribution in [-0.2, 0) is 21.4 Å². The van der Waals surface area contributed by atoms with Gasteiger partial charge in [-0.2, -0.15) is 0 Å². The maximum atomic E-state index is 12.8. The highest BCUT2D eigenvalue weighted by Gasteiger charge is 2.50. The third-order valence-corrected chi connectivity index (χ3v) is 4.81. The molecule has 1 aliphatic rings. The molecule has 2 heterocycles. The molecular formula is C18H14Cl2N2O4. The minimum atomic E-state index is -1.38. The fraction of sp³-hybridized carbons (Fsp3) is 0.222. The number of nitrogens with zero attached hydrogens (tertiary/aromatic N) is 2. The average Bonchev–Trinajstić information content (AvgIpc) is 2.83. The predicted octanol–water partition coefficient (Wildman–Crippen LogP) is 2.55. The summed E-state index contributed by atoms with van der Waals surface area (Å²) in [7, 11) is 1.49. The number of pyridine rings is 1. The number of carbonyl (C=O) groups excluding carboxylic acids is 3. The molecule has 1 aromatic carbocycles. The number of amides is 1. The quantitative estimate of drug-likeness (QED) is 0.752. The summed E-state index contributed by atoms with van der Waals surface area (Å²) in [6, 6.07) is 6.76. The molecule has 8 heteroatoms. The molecule has 0 radical (unpaired) electrons. The van der Waals surface area contributed by atoms with Crippen LogP contribution in [-0.4, -0.2) is 22.0 Å². The summed E-state index contributed by atoms with van der Waals surface area (Å²) in [5.41, 5.74) is 0.347. The highest BCUT2D eigenvalue weighted by atomic mass is 35.5. The Bertz CT molecular complexity index is 955. The minimum Gasteiger partial charge on any atom is -0.315 e. The molecule has 0 bridgehead atoms. The van der Waals surface area contributed by atoms with Crippen LogP contribution in [0.2, 0.25) is 10.0 Å². The number of hydrogen-bond donors (Lipinski definition) is 0. The number of aryl methyl sites for hydroxylation is 1. The fourth-order valence-corrected chi connectivity index (χ4v) is 3.44. The fourth-order valence-electron chi connectivity index (χ4n) is 3.07. The molecule has 0 N–H and O–H groups in total. The Morgan fingerprint density at radius 1 is 1.08 bits per heavy atom. The lowest BCUT2D eigenvalue weighted by Crippen LogP contribution is -2.32. The van der Waals surface area contributed by atoms with Gasteiger partial charge in [-0.15, -0.1) is 0 Å². The van der Waals surface area contributed by atoms with E-state index in [1.54, 1.807) is 24.3 Å². The van der Waals surface area contributed by atoms with Gasteiger partial charge in [-0.05, 0) is 30.7 Å². The van der Waals surface area contributed by atoms with E-state index in [0.29, 0.717) is 10.6 Å². The zero-order valence-electron chi connectivity index (χ0n) is 13.9. The summed E-state index contributed by atoms with van der Waals surface area (Å²) in [6.45, 7) is 1.20. The first kappa shape index (κ1) is 18.4. The van der Waals surface area contributed by atoms with E-state index in [4.69, 9.17) is 23.2 Å². The molecule has 1 aromatic heterocycles. The Balaban J connectivity index is 2.20. The zero-order chi connectivity index (χ0) is 19.2. The molecule has 2 atom stereocenters. The predicted molar refractivity (Wildman–Crippen MR) is 97.6 cm³/mol. The second kappa shape index (κ2) is 6.70. The van der Waals surface area contributed by atoms with Crippen molar-refractivity contribution in [2.45, 2.75) is 13.0 Å². The summed E-state index contributed by atoms with van der Waals surface area (Å²) < 4.78 is 1.22. The van der Waals surface area contributed by atoms with E-state index in [-0.39, 0.29) is 10.7 Å². The standard InChI is InChI=1S/C18H14Cl2N2O4/c1-9(23)14-16(24)15(10-3-5-11(19)6-4-10)22(18(14)26)12-7-13(20)17(25)21(2)8-12/h3-8,14-15H,1-2H3. The Morgan fingerprint density at radius 3 is 2.23 bits per heavy atom. The molecule has 0 saturated carbocycles. The Kier molecular flexibility index (Phi) is 4.73. The van der Waals surface area contributed by atoms with Crippen molar-refractivity contribution in [3.8, 4) is 0 Å². The number of ketones is 2. The molecule has 2 unspecified atom stereocenters. The first-order valence-electron chi connectivity index (χ1n) is 7.71. The lowest BCUT2D eigenvalue weighted by molar-refractivity contribution is -0.135. The van der Waals surface area contributed by atoms with Crippen molar-refractivity contribution >= 4 is 46.4 Å². The molecule has 26 heavy (non-hydrogen) atoms. The Hall–Kier alpha value is -2.44. The highest BCUT2D eigenvalue weighted by molar-refractivity contribution is 6.32. The molecule has 3 rings (SSSR count). The van der Waals surface area contributed by atoms with Crippen molar-refractivity contribution in [1.29, 1.82) is 0 Å². The van der Waals surface area contributed by atoms with E-state index >= 15 is 0 Å². The molecule has 1 amide bonds. The van der Waals surface area contributed by atoms with Gasteiger partial charge in [0.25, 0.3) is 5.56 Å². The maximum absolute atomic E-state index is 12.8. The van der Waals surface area contributed by atoms with Crippen molar-refractivity contribution in [1.82, 2.24) is 4.57 Å². The smallest absolute Gasteiger partial charge is 0.269 e. The first-order valence-corrected chi connectivity index (χ1v) is 8.47. The molecule has 0 aliphatic carbocycles. The zero-order valence-corrected chi connectivity index (χ0v) is 15.4. The van der Waals surface area contributed by atoms with Crippen LogP contribution in [0.3, 0.4) is 0 Å². The summed E-state index contributed by atoms with van der Waals surface area (Å²) >= 11 is 11.9. The molecule has 1 aliphatic heterocycles. The van der Waals surface area contributed by atoms with Gasteiger partial charge in [-0.1, -0.05) is 35.3 Å². The largest absolute Gasteiger partial charge is 0.315 e. The van der Waals surface area contributed by atoms with Crippen LogP contribution in [0.4, 0.5) is 5.69 Å². The Labute approximate surface area is 158 Å². The molecule has 2 aromatic rings. The molecule has 1 saturated heterocycles. The molecule has 134 valence electrons. The third kappa shape index (κ3) is 2.95. The second-order valence-electron chi connectivity index (χ2n) is 6.07. The van der Waals surface area contributed by atoms with Gasteiger partial charge in [-0.3, -0.25) is 24.1 Å². The lowest BCUT2D eigenvalue weighted by atomic mass is 9.95. The molecule has 6 nitrogen and oxygen atoms in total. The highest BCUT2D eigenvalue weighted by Crippen LogP contribution is 2.38. The van der Waals surface area contributed by atoms with Crippen LogP contribution < -0.4 is 10.5 Å². The summed E-state index contributed by atoms with van der Waals surface area (Å²) in [6.07, 6.45) is 1.41. The number of halogens is 2. The van der Waals surface area contributed by atoms with Crippen LogP contribution in [0.15, 0.2) is 41.3 Å². The summed E-state index contributed by atoms with van der Waals surface area (Å²) in [5, 5.41) is 0.386. The van der Waals surface area contributed by atoms with Gasteiger partial charge in [0.2, 0.25) is 5.91 Å². The van der Waals surface area contributed by atoms with Gasteiger partial charge in [0.1, 0.15) is 16.8 Å². The lowest BCUT2D eigenvalue weighted by Gasteiger charge is -2.24. The summed E-state index contributed by atoms with van der Waals surface area (Å²) in [5.74, 6) is -3.07. The monoisotopic (exact) mass is 392 g/mol. The van der Waals surface area contributed by atoms with E-state index in [9.17, 15) is 19.2 Å². The van der Waals surface area contributed by atoms with E-state index in [1.165, 1.54) is 35.7 Å². The number of rotatable bonds is 3. The topological polar surface area (TPSA) is 76.5 Å². The van der Waals surface area contributed by atoms with Gasteiger partial charge in [0, 0.05) is 18.3 Å². The van der Waals surface area contributed by atoms with E-state index in [1.807, 2.05) is 0 Å². The van der Waals surface area contributed by atoms with E-state index in [2.05, 4.69) is 0 Å². The van der Waals surface area contributed by atoms with Gasteiger partial charge in [0.05, 0.1) is 5.69 Å². The van der Waals surface area contributed by atoms with Crippen molar-refractivity contribution in [2.75, 3.05) is 4.90 Å². The van der Waals surface area contributed by atoms with Crippen molar-refractivity contribution in [2.24, 2.45) is 13.0 Å². The number of aromatic nitrogens is 1. The number of Topliss-reactive ketones (excluding diaryl/α,β-unsaturated/α-hetero) is 2. The first-order chi connectivity index (χ1) is 12.2. The van der Waals surface area contributed by atoms with E-state index in [0.717, 1.165) is 0 Å². The molecular weight excluding hydrogens is 379 g/mol. The maximum Gasteiger partial charge on any atom is 0.269 e. The molecule has 0 spiro atoms.